The molecule has 1 unspecified atom stereocenters. The molecule has 26 heavy (non-hydrogen) atoms. The first kappa shape index (κ1) is 16.2. The van der Waals surface area contributed by atoms with Crippen LogP contribution < -0.4 is 0 Å². The Morgan fingerprint density at radius 3 is 2.65 bits per heavy atom. The summed E-state index contributed by atoms with van der Waals surface area (Å²) < 4.78 is 12.3. The second kappa shape index (κ2) is 4.13. The third-order valence-corrected chi connectivity index (χ3v) is 9.14. The summed E-state index contributed by atoms with van der Waals surface area (Å²) in [4.78, 5) is 13.4. The normalized spacial score (nSPS) is 64.0. The zero-order valence-corrected chi connectivity index (χ0v) is 15.1. The van der Waals surface area contributed by atoms with Crippen molar-refractivity contribution in [2.24, 2.45) is 34.0 Å². The van der Waals surface area contributed by atoms with Gasteiger partial charge in [0, 0.05) is 11.8 Å². The number of ketones is 1. The Morgan fingerprint density at radius 1 is 1.19 bits per heavy atom. The third-order valence-electron chi connectivity index (χ3n) is 9.14. The highest BCUT2D eigenvalue weighted by Gasteiger charge is 2.92. The van der Waals surface area contributed by atoms with Gasteiger partial charge in [-0.05, 0) is 42.6 Å². The number of carbonyl (C=O) groups is 1. The Hall–Kier alpha value is -0.790. The number of hydrogen-bond donors (Lipinski definition) is 3. The molecule has 0 amide bonds. The van der Waals surface area contributed by atoms with Gasteiger partial charge in [-0.25, -0.2) is 0 Å². The van der Waals surface area contributed by atoms with E-state index in [9.17, 15) is 20.1 Å². The SMILES string of the molecule is C=C1C(=O)[C@@]23[C@H]4OC5O[C@@]2(O)[C@@H](O)[C@@H]2C(C)(C)CC[C@H](O)[C@]52[C@@H]3CC[C@@H]14. The van der Waals surface area contributed by atoms with Gasteiger partial charge >= 0.3 is 0 Å². The largest absolute Gasteiger partial charge is 0.392 e. The van der Waals surface area contributed by atoms with Crippen LogP contribution in [-0.4, -0.2) is 51.5 Å². The molecule has 4 aliphatic carbocycles. The van der Waals surface area contributed by atoms with Gasteiger partial charge in [0.2, 0.25) is 5.79 Å². The summed E-state index contributed by atoms with van der Waals surface area (Å²) in [6.07, 6.45) is -0.473. The van der Waals surface area contributed by atoms with E-state index in [-0.39, 0.29) is 23.0 Å². The quantitative estimate of drug-likeness (QED) is 0.550. The lowest BCUT2D eigenvalue weighted by Gasteiger charge is -2.79. The highest BCUT2D eigenvalue weighted by molar-refractivity contribution is 6.05. The number of aliphatic hydroxyl groups excluding tert-OH is 2. The Kier molecular flexibility index (Phi) is 2.57. The van der Waals surface area contributed by atoms with Crippen LogP contribution in [-0.2, 0) is 14.3 Å². The van der Waals surface area contributed by atoms with E-state index < -0.39 is 47.1 Å². The molecule has 8 rings (SSSR count). The molecule has 8 aliphatic rings. The minimum Gasteiger partial charge on any atom is -0.392 e. The zero-order valence-electron chi connectivity index (χ0n) is 15.1. The molecule has 4 saturated heterocycles. The molecule has 2 spiro atoms. The lowest BCUT2D eigenvalue weighted by molar-refractivity contribution is -0.556. The zero-order chi connectivity index (χ0) is 18.4. The smallest absolute Gasteiger partial charge is 0.211 e. The molecule has 0 aromatic rings. The van der Waals surface area contributed by atoms with Crippen molar-refractivity contribution < 1.29 is 29.6 Å². The molecule has 0 aromatic carbocycles. The number of carbonyl (C=O) groups excluding carboxylic acids is 1. The molecule has 4 saturated carbocycles. The van der Waals surface area contributed by atoms with Crippen LogP contribution >= 0.6 is 0 Å². The van der Waals surface area contributed by atoms with Crippen LogP contribution in [0.3, 0.4) is 0 Å². The summed E-state index contributed by atoms with van der Waals surface area (Å²) in [5.74, 6) is -2.99. The van der Waals surface area contributed by atoms with E-state index in [2.05, 4.69) is 20.4 Å². The Labute approximate surface area is 152 Å². The van der Waals surface area contributed by atoms with E-state index in [4.69, 9.17) is 9.47 Å². The maximum atomic E-state index is 13.4. The summed E-state index contributed by atoms with van der Waals surface area (Å²) >= 11 is 0. The molecule has 0 aromatic heterocycles. The van der Waals surface area contributed by atoms with Crippen molar-refractivity contribution in [1.29, 1.82) is 0 Å². The number of hydrogen-bond acceptors (Lipinski definition) is 6. The molecule has 8 fully saturated rings. The van der Waals surface area contributed by atoms with Crippen molar-refractivity contribution in [1.82, 2.24) is 0 Å². The van der Waals surface area contributed by atoms with Crippen LogP contribution in [0, 0.1) is 34.0 Å². The summed E-state index contributed by atoms with van der Waals surface area (Å²) in [6.45, 7) is 8.14. The van der Waals surface area contributed by atoms with Crippen molar-refractivity contribution in [2.45, 2.75) is 69.9 Å². The number of rotatable bonds is 0. The summed E-state index contributed by atoms with van der Waals surface area (Å²) in [5.41, 5.74) is -2.03. The molecule has 10 atom stereocenters. The van der Waals surface area contributed by atoms with Gasteiger partial charge in [-0.1, -0.05) is 20.4 Å². The van der Waals surface area contributed by atoms with Crippen LogP contribution in [0.2, 0.25) is 0 Å². The number of ether oxygens (including phenoxy) is 2. The maximum absolute atomic E-state index is 13.4. The average molecular weight is 362 g/mol. The molecule has 3 N–H and O–H groups in total. The van der Waals surface area contributed by atoms with Gasteiger partial charge in [-0.15, -0.1) is 0 Å². The van der Waals surface area contributed by atoms with Gasteiger partial charge in [0.1, 0.15) is 11.5 Å². The minimum atomic E-state index is -1.97. The molecular weight excluding hydrogens is 336 g/mol. The van der Waals surface area contributed by atoms with Crippen molar-refractivity contribution in [3.63, 3.8) is 0 Å². The van der Waals surface area contributed by atoms with E-state index in [0.29, 0.717) is 18.4 Å². The van der Waals surface area contributed by atoms with Crippen molar-refractivity contribution in [3.8, 4) is 0 Å². The van der Waals surface area contributed by atoms with Crippen molar-refractivity contribution in [3.05, 3.63) is 12.2 Å². The topological polar surface area (TPSA) is 96.2 Å². The van der Waals surface area contributed by atoms with E-state index in [0.717, 1.165) is 12.8 Å². The Bertz CT molecular complexity index is 761. The molecular formula is C20H26O6. The predicted octanol–water partition coefficient (Wildman–Crippen LogP) is 0.740. The van der Waals surface area contributed by atoms with Crippen molar-refractivity contribution >= 4 is 5.78 Å². The van der Waals surface area contributed by atoms with E-state index in [1.54, 1.807) is 0 Å². The van der Waals surface area contributed by atoms with Crippen LogP contribution in [0.1, 0.15) is 39.5 Å². The van der Waals surface area contributed by atoms with E-state index in [1.165, 1.54) is 0 Å². The fourth-order valence-electron chi connectivity index (χ4n) is 8.38. The second-order valence-corrected chi connectivity index (χ2v) is 10.1. The van der Waals surface area contributed by atoms with Gasteiger partial charge < -0.3 is 24.8 Å². The highest BCUT2D eigenvalue weighted by atomic mass is 16.8. The number of Topliss-reactive ketones (excluding diaryl/α,β-unsaturated/α-hetero) is 1. The molecule has 6 heteroatoms. The molecule has 7 bridgehead atoms. The molecule has 142 valence electrons. The predicted molar refractivity (Wildman–Crippen MR) is 88.4 cm³/mol. The van der Waals surface area contributed by atoms with Gasteiger partial charge in [-0.2, -0.15) is 0 Å². The van der Waals surface area contributed by atoms with Crippen LogP contribution in [0.5, 0.6) is 0 Å². The second-order valence-electron chi connectivity index (χ2n) is 10.1. The standard InChI is InChI=1S/C20H26O6/c1-8-9-4-5-10-18-11(21)6-7-17(2,3)12(18)14(23)20(24)19(10,13(8)22)15(9)25-16(18)26-20/h9-12,14-16,21,23-24H,1,4-7H2,2-3H3/t9-,10-,11-,12+,14-,15-,16?,18-,19-,20-/m0/s1. The highest BCUT2D eigenvalue weighted by Crippen LogP contribution is 2.81. The van der Waals surface area contributed by atoms with Gasteiger partial charge in [0.25, 0.3) is 0 Å². The monoisotopic (exact) mass is 362 g/mol. The Balaban J connectivity index is 1.70. The molecule has 4 heterocycles. The fourth-order valence-corrected chi connectivity index (χ4v) is 8.38. The minimum absolute atomic E-state index is 0.133. The first-order chi connectivity index (χ1) is 12.1. The first-order valence-corrected chi connectivity index (χ1v) is 9.80. The lowest BCUT2D eigenvalue weighted by atomic mass is 9.34. The van der Waals surface area contributed by atoms with Gasteiger partial charge in [0.15, 0.2) is 12.1 Å². The lowest BCUT2D eigenvalue weighted by Crippen LogP contribution is -2.91. The molecule has 0 radical (unpaired) electrons. The van der Waals surface area contributed by atoms with Crippen LogP contribution in [0.15, 0.2) is 12.2 Å². The van der Waals surface area contributed by atoms with Gasteiger partial charge in [0.05, 0.1) is 17.6 Å². The first-order valence-electron chi connectivity index (χ1n) is 9.80. The van der Waals surface area contributed by atoms with Gasteiger partial charge in [-0.3, -0.25) is 4.79 Å². The molecule has 4 aliphatic heterocycles. The third kappa shape index (κ3) is 1.19. The van der Waals surface area contributed by atoms with Crippen LogP contribution in [0.25, 0.3) is 0 Å². The molecule has 6 nitrogen and oxygen atoms in total. The van der Waals surface area contributed by atoms with E-state index in [1.807, 2.05) is 0 Å². The average Bonchev–Trinajstić information content (AvgIpc) is 2.71. The number of aliphatic hydroxyl groups is 3. The summed E-state index contributed by atoms with van der Waals surface area (Å²) in [7, 11) is 0. The van der Waals surface area contributed by atoms with Crippen LogP contribution in [0.4, 0.5) is 0 Å². The fraction of sp³-hybridized carbons (Fsp3) is 0.850. The summed E-state index contributed by atoms with van der Waals surface area (Å²) in [6, 6.07) is 0. The van der Waals surface area contributed by atoms with Crippen molar-refractivity contribution in [2.75, 3.05) is 0 Å². The van der Waals surface area contributed by atoms with E-state index >= 15 is 0 Å². The summed E-state index contributed by atoms with van der Waals surface area (Å²) in [5, 5.41) is 34.3. The maximum Gasteiger partial charge on any atom is 0.211 e. The Morgan fingerprint density at radius 2 is 1.92 bits per heavy atom.